The van der Waals surface area contributed by atoms with E-state index in [4.69, 9.17) is 14.6 Å². The van der Waals surface area contributed by atoms with Crippen LogP contribution in [-0.2, 0) is 13.2 Å². The van der Waals surface area contributed by atoms with Crippen LogP contribution in [0.4, 0.5) is 0 Å². The lowest BCUT2D eigenvalue weighted by Crippen LogP contribution is -2.28. The van der Waals surface area contributed by atoms with Gasteiger partial charge in [-0.2, -0.15) is 0 Å². The summed E-state index contributed by atoms with van der Waals surface area (Å²) in [6, 6.07) is 7.85. The Bertz CT molecular complexity index is 651. The van der Waals surface area contributed by atoms with E-state index >= 15 is 0 Å². The molecule has 152 valence electrons. The number of benzene rings is 1. The minimum absolute atomic E-state index is 0. The number of halogens is 3. The van der Waals surface area contributed by atoms with Gasteiger partial charge in [-0.05, 0) is 39.7 Å². The zero-order chi connectivity index (χ0) is 17.9. The maximum atomic E-state index is 8.71. The number of hydrogen-bond acceptors (Lipinski definition) is 6. The van der Waals surface area contributed by atoms with Crippen molar-refractivity contribution in [2.24, 2.45) is 0 Å². The van der Waals surface area contributed by atoms with Gasteiger partial charge < -0.3 is 25.2 Å². The van der Waals surface area contributed by atoms with Gasteiger partial charge in [0.1, 0.15) is 6.61 Å². The largest absolute Gasteiger partial charge is 0.493 e. The summed E-state index contributed by atoms with van der Waals surface area (Å²) in [5.74, 6) is 1.37. The third-order valence-corrected chi connectivity index (χ3v) is 4.08. The average Bonchev–Trinajstić information content (AvgIpc) is 2.64. The Hall–Kier alpha value is -1.09. The minimum Gasteiger partial charge on any atom is -0.493 e. The Morgan fingerprint density at radius 2 is 1.89 bits per heavy atom. The van der Waals surface area contributed by atoms with Crippen LogP contribution in [0, 0.1) is 0 Å². The molecule has 0 spiro atoms. The van der Waals surface area contributed by atoms with Crippen molar-refractivity contribution in [3.8, 4) is 11.5 Å². The van der Waals surface area contributed by atoms with E-state index in [0.29, 0.717) is 24.7 Å². The molecular formula is C18H26BrCl2N3O3. The number of rotatable bonds is 11. The van der Waals surface area contributed by atoms with Gasteiger partial charge in [0.15, 0.2) is 11.5 Å². The molecule has 2 aromatic rings. The van der Waals surface area contributed by atoms with Crippen molar-refractivity contribution in [1.82, 2.24) is 15.6 Å². The molecule has 0 atom stereocenters. The fourth-order valence-electron chi connectivity index (χ4n) is 2.27. The highest BCUT2D eigenvalue weighted by Crippen LogP contribution is 2.37. The number of ether oxygens (including phenoxy) is 2. The molecule has 0 fully saturated rings. The van der Waals surface area contributed by atoms with E-state index in [1.807, 2.05) is 24.3 Å². The van der Waals surface area contributed by atoms with Crippen LogP contribution < -0.4 is 20.1 Å². The van der Waals surface area contributed by atoms with Crippen molar-refractivity contribution in [3.05, 3.63) is 52.3 Å². The lowest BCUT2D eigenvalue weighted by Gasteiger charge is -2.15. The fourth-order valence-corrected chi connectivity index (χ4v) is 2.87. The summed E-state index contributed by atoms with van der Waals surface area (Å²) in [6.07, 6.45) is 3.52. The van der Waals surface area contributed by atoms with Gasteiger partial charge >= 0.3 is 0 Å². The first-order chi connectivity index (χ1) is 12.2. The van der Waals surface area contributed by atoms with Gasteiger partial charge in [-0.15, -0.1) is 24.8 Å². The van der Waals surface area contributed by atoms with Crippen LogP contribution >= 0.6 is 40.7 Å². The lowest BCUT2D eigenvalue weighted by molar-refractivity contribution is 0.282. The van der Waals surface area contributed by atoms with Gasteiger partial charge in [-0.3, -0.25) is 4.98 Å². The van der Waals surface area contributed by atoms with Crippen molar-refractivity contribution < 1.29 is 14.6 Å². The first-order valence-electron chi connectivity index (χ1n) is 8.15. The molecule has 0 bridgehead atoms. The summed E-state index contributed by atoms with van der Waals surface area (Å²) in [6.45, 7) is 3.55. The van der Waals surface area contributed by atoms with Gasteiger partial charge in [0.25, 0.3) is 0 Å². The molecule has 2 rings (SSSR count). The molecule has 0 aliphatic heterocycles. The van der Waals surface area contributed by atoms with Crippen molar-refractivity contribution in [2.75, 3.05) is 33.4 Å². The zero-order valence-corrected chi connectivity index (χ0v) is 18.3. The number of pyridine rings is 1. The highest BCUT2D eigenvalue weighted by atomic mass is 79.9. The molecule has 0 saturated carbocycles. The van der Waals surface area contributed by atoms with Crippen LogP contribution in [0.1, 0.15) is 11.1 Å². The van der Waals surface area contributed by atoms with Crippen molar-refractivity contribution in [3.63, 3.8) is 0 Å². The van der Waals surface area contributed by atoms with E-state index in [1.54, 1.807) is 19.5 Å². The van der Waals surface area contributed by atoms with Gasteiger partial charge in [-0.25, -0.2) is 0 Å². The summed E-state index contributed by atoms with van der Waals surface area (Å²) in [5, 5.41) is 15.2. The normalized spacial score (nSPS) is 9.89. The second kappa shape index (κ2) is 14.9. The summed E-state index contributed by atoms with van der Waals surface area (Å²) in [4.78, 5) is 4.09. The van der Waals surface area contributed by atoms with E-state index in [0.717, 1.165) is 35.2 Å². The number of aliphatic hydroxyl groups is 1. The molecule has 1 aromatic carbocycles. The van der Waals surface area contributed by atoms with Crippen LogP contribution in [0.2, 0.25) is 0 Å². The first kappa shape index (κ1) is 25.9. The van der Waals surface area contributed by atoms with E-state index in [9.17, 15) is 0 Å². The Labute approximate surface area is 181 Å². The van der Waals surface area contributed by atoms with Crippen LogP contribution in [0.25, 0.3) is 0 Å². The van der Waals surface area contributed by atoms with Crippen LogP contribution in [-0.4, -0.2) is 43.4 Å². The summed E-state index contributed by atoms with van der Waals surface area (Å²) >= 11 is 3.57. The summed E-state index contributed by atoms with van der Waals surface area (Å²) in [7, 11) is 1.63. The predicted octanol–water partition coefficient (Wildman–Crippen LogP) is 2.95. The second-order valence-electron chi connectivity index (χ2n) is 5.41. The molecule has 9 heteroatoms. The van der Waals surface area contributed by atoms with Gasteiger partial charge in [0.2, 0.25) is 0 Å². The molecule has 1 heterocycles. The molecule has 3 N–H and O–H groups in total. The maximum Gasteiger partial charge on any atom is 0.175 e. The Balaban J connectivity index is 0.00000338. The SMILES string of the molecule is COc1cc(CNCCNCCO)cc(Br)c1OCc1cccnc1.Cl.Cl. The number of methoxy groups -OCH3 is 1. The quantitative estimate of drug-likeness (QED) is 0.427. The monoisotopic (exact) mass is 481 g/mol. The second-order valence-corrected chi connectivity index (χ2v) is 6.26. The maximum absolute atomic E-state index is 8.71. The number of aromatic nitrogens is 1. The molecule has 0 unspecified atom stereocenters. The Morgan fingerprint density at radius 3 is 2.56 bits per heavy atom. The van der Waals surface area contributed by atoms with E-state index < -0.39 is 0 Å². The smallest absolute Gasteiger partial charge is 0.175 e. The van der Waals surface area contributed by atoms with Crippen molar-refractivity contribution in [2.45, 2.75) is 13.2 Å². The van der Waals surface area contributed by atoms with Crippen LogP contribution in [0.15, 0.2) is 41.1 Å². The number of nitrogens with zero attached hydrogens (tertiary/aromatic N) is 1. The third kappa shape index (κ3) is 9.10. The van der Waals surface area contributed by atoms with Crippen LogP contribution in [0.5, 0.6) is 11.5 Å². The van der Waals surface area contributed by atoms with E-state index in [-0.39, 0.29) is 31.4 Å². The standard InChI is InChI=1S/C18H24BrN3O3.2ClH/c1-24-17-10-15(12-22-6-5-20-7-8-23)9-16(19)18(17)25-13-14-3-2-4-21-11-14;;/h2-4,9-11,20,22-23H,5-8,12-13H2,1H3;2*1H. The predicted molar refractivity (Wildman–Crippen MR) is 115 cm³/mol. The number of nitrogens with one attached hydrogen (secondary N) is 2. The molecular weight excluding hydrogens is 457 g/mol. The highest BCUT2D eigenvalue weighted by Gasteiger charge is 2.12. The van der Waals surface area contributed by atoms with Gasteiger partial charge in [-0.1, -0.05) is 6.07 Å². The Kier molecular flexibility index (Phi) is 14.3. The Morgan fingerprint density at radius 1 is 1.11 bits per heavy atom. The van der Waals surface area contributed by atoms with E-state index in [2.05, 4.69) is 31.5 Å². The molecule has 27 heavy (non-hydrogen) atoms. The molecule has 0 amide bonds. The first-order valence-corrected chi connectivity index (χ1v) is 8.94. The molecule has 0 radical (unpaired) electrons. The molecule has 0 aliphatic rings. The topological polar surface area (TPSA) is 75.6 Å². The van der Waals surface area contributed by atoms with Crippen molar-refractivity contribution >= 4 is 40.7 Å². The van der Waals surface area contributed by atoms with E-state index in [1.165, 1.54) is 0 Å². The summed E-state index contributed by atoms with van der Waals surface area (Å²) in [5.41, 5.74) is 2.09. The third-order valence-electron chi connectivity index (χ3n) is 3.49. The zero-order valence-electron chi connectivity index (χ0n) is 15.1. The number of hydrogen-bond donors (Lipinski definition) is 3. The lowest BCUT2D eigenvalue weighted by atomic mass is 10.2. The molecule has 1 aromatic heterocycles. The van der Waals surface area contributed by atoms with Gasteiger partial charge in [0.05, 0.1) is 18.2 Å². The fraction of sp³-hybridized carbons (Fsp3) is 0.389. The molecule has 0 saturated heterocycles. The van der Waals surface area contributed by atoms with Crippen molar-refractivity contribution in [1.29, 1.82) is 0 Å². The highest BCUT2D eigenvalue weighted by molar-refractivity contribution is 9.10. The summed E-state index contributed by atoms with van der Waals surface area (Å²) < 4.78 is 12.2. The minimum atomic E-state index is 0. The molecule has 6 nitrogen and oxygen atoms in total. The average molecular weight is 483 g/mol. The van der Waals surface area contributed by atoms with Gasteiger partial charge in [0, 0.05) is 44.1 Å². The van der Waals surface area contributed by atoms with Crippen LogP contribution in [0.3, 0.4) is 0 Å². The number of aliphatic hydroxyl groups excluding tert-OH is 1. The molecule has 0 aliphatic carbocycles.